The van der Waals surface area contributed by atoms with Crippen LogP contribution in [0, 0.1) is 6.92 Å². The lowest BCUT2D eigenvalue weighted by atomic mass is 10.2. The second-order valence-electron chi connectivity index (χ2n) is 4.22. The maximum Gasteiger partial charge on any atom is 0.119 e. The van der Waals surface area contributed by atoms with E-state index in [1.807, 2.05) is 25.1 Å². The average Bonchev–Trinajstić information content (AvgIpc) is 2.32. The van der Waals surface area contributed by atoms with Crippen LogP contribution in [0.2, 0.25) is 5.02 Å². The minimum atomic E-state index is 0.773. The topological polar surface area (TPSA) is 21.3 Å². The molecule has 0 aliphatic rings. The maximum atomic E-state index is 5.95. The predicted octanol–water partition coefficient (Wildman–Crippen LogP) is 3.81. The first-order chi connectivity index (χ1) is 8.24. The van der Waals surface area contributed by atoms with Gasteiger partial charge in [0.2, 0.25) is 0 Å². The van der Waals surface area contributed by atoms with E-state index in [-0.39, 0.29) is 0 Å². The Morgan fingerprint density at radius 1 is 1.24 bits per heavy atom. The van der Waals surface area contributed by atoms with Crippen molar-refractivity contribution in [3.05, 3.63) is 28.8 Å². The van der Waals surface area contributed by atoms with Crippen molar-refractivity contribution in [2.75, 3.05) is 19.7 Å². The molecule has 1 rings (SSSR count). The zero-order valence-corrected chi connectivity index (χ0v) is 11.5. The Balaban J connectivity index is 2.11. The average molecular weight is 256 g/mol. The fourth-order valence-corrected chi connectivity index (χ4v) is 1.67. The monoisotopic (exact) mass is 255 g/mol. The number of benzene rings is 1. The number of hydrogen-bond donors (Lipinski definition) is 1. The molecular formula is C14H22ClNO. The molecule has 3 heteroatoms. The van der Waals surface area contributed by atoms with E-state index < -0.39 is 0 Å². The van der Waals surface area contributed by atoms with Crippen LogP contribution in [-0.4, -0.2) is 19.7 Å². The van der Waals surface area contributed by atoms with Gasteiger partial charge < -0.3 is 10.1 Å². The van der Waals surface area contributed by atoms with Crippen molar-refractivity contribution in [1.29, 1.82) is 0 Å². The van der Waals surface area contributed by atoms with E-state index in [9.17, 15) is 0 Å². The lowest BCUT2D eigenvalue weighted by molar-refractivity contribution is 0.305. The van der Waals surface area contributed by atoms with Crippen LogP contribution in [-0.2, 0) is 0 Å². The Kier molecular flexibility index (Phi) is 7.06. The third-order valence-electron chi connectivity index (χ3n) is 2.57. The van der Waals surface area contributed by atoms with Crippen molar-refractivity contribution in [3.63, 3.8) is 0 Å². The maximum absolute atomic E-state index is 5.95. The van der Waals surface area contributed by atoms with Gasteiger partial charge in [-0.05, 0) is 63.0 Å². The van der Waals surface area contributed by atoms with Crippen LogP contribution >= 0.6 is 11.6 Å². The largest absolute Gasteiger partial charge is 0.494 e. The second-order valence-corrected chi connectivity index (χ2v) is 4.62. The first kappa shape index (κ1) is 14.3. The van der Waals surface area contributed by atoms with Crippen LogP contribution in [0.5, 0.6) is 5.75 Å². The van der Waals surface area contributed by atoms with Gasteiger partial charge in [0.25, 0.3) is 0 Å². The number of hydrogen-bond acceptors (Lipinski definition) is 2. The lowest BCUT2D eigenvalue weighted by Gasteiger charge is -2.08. The molecule has 1 N–H and O–H groups in total. The summed E-state index contributed by atoms with van der Waals surface area (Å²) < 4.78 is 5.66. The van der Waals surface area contributed by atoms with Crippen LogP contribution in [0.3, 0.4) is 0 Å². The van der Waals surface area contributed by atoms with E-state index in [0.717, 1.165) is 48.9 Å². The molecule has 0 saturated heterocycles. The molecular weight excluding hydrogens is 234 g/mol. The molecule has 2 nitrogen and oxygen atoms in total. The lowest BCUT2D eigenvalue weighted by Crippen LogP contribution is -2.16. The Morgan fingerprint density at radius 3 is 2.76 bits per heavy atom. The van der Waals surface area contributed by atoms with Crippen molar-refractivity contribution in [1.82, 2.24) is 5.32 Å². The number of ether oxygens (including phenoxy) is 1. The fraction of sp³-hybridized carbons (Fsp3) is 0.571. The van der Waals surface area contributed by atoms with Gasteiger partial charge in [-0.1, -0.05) is 18.5 Å². The Labute approximate surface area is 109 Å². The number of unbranched alkanes of at least 4 members (excludes halogenated alkanes) is 1. The standard InChI is InChI=1S/C14H22ClNO/c1-3-8-16-9-4-5-10-17-13-6-7-14(15)12(2)11-13/h6-7,11,16H,3-5,8-10H2,1-2H3. The third kappa shape index (κ3) is 5.94. The van der Waals surface area contributed by atoms with E-state index >= 15 is 0 Å². The smallest absolute Gasteiger partial charge is 0.119 e. The summed E-state index contributed by atoms with van der Waals surface area (Å²) in [4.78, 5) is 0. The zero-order chi connectivity index (χ0) is 12.5. The van der Waals surface area contributed by atoms with Crippen LogP contribution in [0.4, 0.5) is 0 Å². The summed E-state index contributed by atoms with van der Waals surface area (Å²) in [6.45, 7) is 7.13. The van der Waals surface area contributed by atoms with E-state index in [1.54, 1.807) is 0 Å². The molecule has 0 amide bonds. The highest BCUT2D eigenvalue weighted by molar-refractivity contribution is 6.31. The SMILES string of the molecule is CCCNCCCCOc1ccc(Cl)c(C)c1. The van der Waals surface area contributed by atoms with Crippen LogP contribution in [0.15, 0.2) is 18.2 Å². The molecule has 0 saturated carbocycles. The van der Waals surface area contributed by atoms with Crippen LogP contribution < -0.4 is 10.1 Å². The van der Waals surface area contributed by atoms with Crippen molar-refractivity contribution in [3.8, 4) is 5.75 Å². The number of halogens is 1. The van der Waals surface area contributed by atoms with Gasteiger partial charge in [-0.15, -0.1) is 0 Å². The van der Waals surface area contributed by atoms with E-state index in [2.05, 4.69) is 12.2 Å². The Hall–Kier alpha value is -0.730. The van der Waals surface area contributed by atoms with Gasteiger partial charge in [-0.25, -0.2) is 0 Å². The van der Waals surface area contributed by atoms with Crippen molar-refractivity contribution >= 4 is 11.6 Å². The molecule has 0 spiro atoms. The van der Waals surface area contributed by atoms with E-state index in [1.165, 1.54) is 6.42 Å². The Bertz CT molecular complexity index is 328. The van der Waals surface area contributed by atoms with Crippen LogP contribution in [0.25, 0.3) is 0 Å². The molecule has 1 aromatic carbocycles. The number of aryl methyl sites for hydroxylation is 1. The van der Waals surface area contributed by atoms with Gasteiger partial charge in [-0.2, -0.15) is 0 Å². The third-order valence-corrected chi connectivity index (χ3v) is 3.00. The first-order valence-electron chi connectivity index (χ1n) is 6.33. The van der Waals surface area contributed by atoms with Gasteiger partial charge in [0, 0.05) is 5.02 Å². The molecule has 0 fully saturated rings. The minimum Gasteiger partial charge on any atom is -0.494 e. The molecule has 1 aromatic rings. The highest BCUT2D eigenvalue weighted by atomic mass is 35.5. The summed E-state index contributed by atoms with van der Waals surface area (Å²) in [5.74, 6) is 0.911. The minimum absolute atomic E-state index is 0.773. The highest BCUT2D eigenvalue weighted by Crippen LogP contribution is 2.21. The molecule has 17 heavy (non-hydrogen) atoms. The second kappa shape index (κ2) is 8.37. The van der Waals surface area contributed by atoms with Crippen LogP contribution in [0.1, 0.15) is 31.7 Å². The highest BCUT2D eigenvalue weighted by Gasteiger charge is 1.98. The quantitative estimate of drug-likeness (QED) is 0.714. The summed E-state index contributed by atoms with van der Waals surface area (Å²) >= 11 is 5.95. The summed E-state index contributed by atoms with van der Waals surface area (Å²) in [6.07, 6.45) is 3.44. The summed E-state index contributed by atoms with van der Waals surface area (Å²) in [5.41, 5.74) is 1.06. The Morgan fingerprint density at radius 2 is 2.06 bits per heavy atom. The predicted molar refractivity (Wildman–Crippen MR) is 74.1 cm³/mol. The summed E-state index contributed by atoms with van der Waals surface area (Å²) in [6, 6.07) is 5.79. The molecule has 0 heterocycles. The molecule has 0 aliphatic carbocycles. The molecule has 0 unspecified atom stereocenters. The van der Waals surface area contributed by atoms with Gasteiger partial charge in [-0.3, -0.25) is 0 Å². The normalized spacial score (nSPS) is 10.5. The summed E-state index contributed by atoms with van der Waals surface area (Å²) in [7, 11) is 0. The number of rotatable bonds is 8. The van der Waals surface area contributed by atoms with Crippen molar-refractivity contribution < 1.29 is 4.74 Å². The molecule has 0 bridgehead atoms. The number of nitrogens with one attached hydrogen (secondary N) is 1. The first-order valence-corrected chi connectivity index (χ1v) is 6.71. The van der Waals surface area contributed by atoms with Gasteiger partial charge >= 0.3 is 0 Å². The van der Waals surface area contributed by atoms with Gasteiger partial charge in [0.15, 0.2) is 0 Å². The van der Waals surface area contributed by atoms with Gasteiger partial charge in [0.1, 0.15) is 5.75 Å². The van der Waals surface area contributed by atoms with Crippen molar-refractivity contribution in [2.24, 2.45) is 0 Å². The van der Waals surface area contributed by atoms with Crippen molar-refractivity contribution in [2.45, 2.75) is 33.1 Å². The van der Waals surface area contributed by atoms with E-state index in [0.29, 0.717) is 0 Å². The molecule has 0 radical (unpaired) electrons. The fourth-order valence-electron chi connectivity index (χ4n) is 1.55. The van der Waals surface area contributed by atoms with Gasteiger partial charge in [0.05, 0.1) is 6.61 Å². The molecule has 0 aromatic heterocycles. The molecule has 0 aliphatic heterocycles. The molecule has 0 atom stereocenters. The zero-order valence-electron chi connectivity index (χ0n) is 10.8. The summed E-state index contributed by atoms with van der Waals surface area (Å²) in [5, 5.41) is 4.17. The van der Waals surface area contributed by atoms with E-state index in [4.69, 9.17) is 16.3 Å². The molecule has 96 valence electrons.